The number of hydrogen-bond acceptors (Lipinski definition) is 6. The van der Waals surface area contributed by atoms with Crippen LogP contribution in [0.1, 0.15) is 25.0 Å². The van der Waals surface area contributed by atoms with E-state index in [9.17, 15) is 4.79 Å². The lowest BCUT2D eigenvalue weighted by atomic mass is 10.1. The molecule has 7 nitrogen and oxygen atoms in total. The summed E-state index contributed by atoms with van der Waals surface area (Å²) in [5.74, 6) is 1.66. The molecule has 4 rings (SSSR count). The maximum absolute atomic E-state index is 13.1. The predicted octanol–water partition coefficient (Wildman–Crippen LogP) is 4.72. The zero-order chi connectivity index (χ0) is 22.7. The van der Waals surface area contributed by atoms with E-state index >= 15 is 0 Å². The number of methoxy groups -OCH3 is 1. The van der Waals surface area contributed by atoms with Crippen LogP contribution in [-0.4, -0.2) is 28.0 Å². The molecule has 0 fully saturated rings. The molecule has 4 aromatic rings. The number of nitrogens with zero attached hydrogens (tertiary/aromatic N) is 3. The van der Waals surface area contributed by atoms with E-state index in [-0.39, 0.29) is 17.6 Å². The lowest BCUT2D eigenvalue weighted by molar-refractivity contribution is 0.230. The van der Waals surface area contributed by atoms with Crippen molar-refractivity contribution >= 4 is 0 Å². The molecule has 32 heavy (non-hydrogen) atoms. The molecule has 0 spiro atoms. The van der Waals surface area contributed by atoms with Crippen molar-refractivity contribution in [2.45, 2.75) is 33.4 Å². The van der Waals surface area contributed by atoms with Gasteiger partial charge in [-0.05, 0) is 56.7 Å². The van der Waals surface area contributed by atoms with Gasteiger partial charge in [0.1, 0.15) is 5.56 Å². The van der Waals surface area contributed by atoms with Gasteiger partial charge in [-0.3, -0.25) is 4.79 Å². The number of aromatic nitrogens is 3. The van der Waals surface area contributed by atoms with E-state index in [2.05, 4.69) is 16.3 Å². The number of benzene rings is 2. The van der Waals surface area contributed by atoms with E-state index in [1.165, 1.54) is 0 Å². The fraction of sp³-hybridized carbons (Fsp3) is 0.240. The third kappa shape index (κ3) is 4.56. The molecule has 0 bridgehead atoms. The van der Waals surface area contributed by atoms with E-state index in [0.29, 0.717) is 35.1 Å². The number of aryl methyl sites for hydroxylation is 1. The Morgan fingerprint density at radius 2 is 1.81 bits per heavy atom. The maximum Gasteiger partial charge on any atom is 0.263 e. The van der Waals surface area contributed by atoms with Crippen LogP contribution in [0.5, 0.6) is 11.5 Å². The maximum atomic E-state index is 13.1. The molecule has 0 aliphatic carbocycles. The van der Waals surface area contributed by atoms with Gasteiger partial charge >= 0.3 is 0 Å². The monoisotopic (exact) mass is 431 g/mol. The Morgan fingerprint density at radius 1 is 1.00 bits per heavy atom. The Labute approximate surface area is 186 Å². The minimum atomic E-state index is -0.192. The SMILES string of the molecule is COc1cc(-c2nnc(-c3cccn(Cc4cccc(C)c4)c3=O)o2)ccc1OC(C)C. The number of hydrogen-bond donors (Lipinski definition) is 0. The highest BCUT2D eigenvalue weighted by atomic mass is 16.5. The van der Waals surface area contributed by atoms with Gasteiger partial charge in [0.25, 0.3) is 11.4 Å². The van der Waals surface area contributed by atoms with Gasteiger partial charge in [-0.2, -0.15) is 0 Å². The smallest absolute Gasteiger partial charge is 0.263 e. The Morgan fingerprint density at radius 3 is 2.56 bits per heavy atom. The van der Waals surface area contributed by atoms with Crippen LogP contribution in [0.3, 0.4) is 0 Å². The largest absolute Gasteiger partial charge is 0.493 e. The van der Waals surface area contributed by atoms with Crippen LogP contribution in [-0.2, 0) is 6.54 Å². The Kier molecular flexibility index (Phi) is 6.07. The van der Waals surface area contributed by atoms with E-state index in [4.69, 9.17) is 13.9 Å². The van der Waals surface area contributed by atoms with E-state index in [1.54, 1.807) is 42.1 Å². The van der Waals surface area contributed by atoms with E-state index in [0.717, 1.165) is 11.1 Å². The van der Waals surface area contributed by atoms with Crippen molar-refractivity contribution in [1.82, 2.24) is 14.8 Å². The average molecular weight is 431 g/mol. The van der Waals surface area contributed by atoms with Gasteiger partial charge in [0.2, 0.25) is 5.89 Å². The minimum absolute atomic E-state index is 0.0183. The fourth-order valence-corrected chi connectivity index (χ4v) is 3.43. The predicted molar refractivity (Wildman–Crippen MR) is 122 cm³/mol. The first-order valence-electron chi connectivity index (χ1n) is 10.4. The Bertz CT molecular complexity index is 1290. The minimum Gasteiger partial charge on any atom is -0.493 e. The van der Waals surface area contributed by atoms with Crippen molar-refractivity contribution in [1.29, 1.82) is 0 Å². The lowest BCUT2D eigenvalue weighted by Crippen LogP contribution is -2.21. The van der Waals surface area contributed by atoms with Crippen molar-refractivity contribution in [2.75, 3.05) is 7.11 Å². The molecule has 7 heteroatoms. The third-order valence-electron chi connectivity index (χ3n) is 4.88. The molecule has 164 valence electrons. The molecule has 0 saturated heterocycles. The first-order valence-corrected chi connectivity index (χ1v) is 10.4. The molecule has 0 radical (unpaired) electrons. The summed E-state index contributed by atoms with van der Waals surface area (Å²) < 4.78 is 18.7. The number of rotatable bonds is 7. The first-order chi connectivity index (χ1) is 15.4. The summed E-state index contributed by atoms with van der Waals surface area (Å²) in [5, 5.41) is 8.24. The van der Waals surface area contributed by atoms with Crippen LogP contribution >= 0.6 is 0 Å². The average Bonchev–Trinajstić information content (AvgIpc) is 3.25. The van der Waals surface area contributed by atoms with Gasteiger partial charge < -0.3 is 18.5 Å². The third-order valence-corrected chi connectivity index (χ3v) is 4.88. The fourth-order valence-electron chi connectivity index (χ4n) is 3.43. The summed E-state index contributed by atoms with van der Waals surface area (Å²) >= 11 is 0. The van der Waals surface area contributed by atoms with E-state index < -0.39 is 0 Å². The van der Waals surface area contributed by atoms with Crippen LogP contribution in [0.15, 0.2) is 70.0 Å². The van der Waals surface area contributed by atoms with Gasteiger partial charge in [-0.1, -0.05) is 29.8 Å². The molecule has 0 unspecified atom stereocenters. The second-order valence-corrected chi connectivity index (χ2v) is 7.79. The molecule has 0 aliphatic rings. The van der Waals surface area contributed by atoms with Crippen LogP contribution in [0.4, 0.5) is 0 Å². The van der Waals surface area contributed by atoms with Crippen molar-refractivity contribution in [3.8, 4) is 34.4 Å². The van der Waals surface area contributed by atoms with Crippen LogP contribution in [0.2, 0.25) is 0 Å². The highest BCUT2D eigenvalue weighted by Gasteiger charge is 2.17. The quantitative estimate of drug-likeness (QED) is 0.421. The summed E-state index contributed by atoms with van der Waals surface area (Å²) in [6.07, 6.45) is 1.77. The normalized spacial score (nSPS) is 11.0. The van der Waals surface area contributed by atoms with Crippen molar-refractivity contribution in [3.63, 3.8) is 0 Å². The molecule has 0 aliphatic heterocycles. The van der Waals surface area contributed by atoms with Crippen LogP contribution in [0, 0.1) is 6.92 Å². The summed E-state index contributed by atoms with van der Waals surface area (Å²) in [6.45, 7) is 6.38. The van der Waals surface area contributed by atoms with Crippen molar-refractivity contribution < 1.29 is 13.9 Å². The van der Waals surface area contributed by atoms with Gasteiger partial charge in [-0.25, -0.2) is 0 Å². The summed E-state index contributed by atoms with van der Waals surface area (Å²) in [7, 11) is 1.58. The summed E-state index contributed by atoms with van der Waals surface area (Å²) in [4.78, 5) is 13.1. The second-order valence-electron chi connectivity index (χ2n) is 7.79. The van der Waals surface area contributed by atoms with Gasteiger partial charge in [0.05, 0.1) is 19.8 Å². The van der Waals surface area contributed by atoms with Gasteiger partial charge in [-0.15, -0.1) is 10.2 Å². The molecule has 0 N–H and O–H groups in total. The molecular formula is C25H25N3O4. The molecule has 2 aromatic heterocycles. The summed E-state index contributed by atoms with van der Waals surface area (Å²) in [6, 6.07) is 16.9. The highest BCUT2D eigenvalue weighted by molar-refractivity contribution is 5.61. The van der Waals surface area contributed by atoms with Gasteiger partial charge in [0.15, 0.2) is 11.5 Å². The zero-order valence-electron chi connectivity index (χ0n) is 18.5. The molecular weight excluding hydrogens is 406 g/mol. The second kappa shape index (κ2) is 9.09. The first kappa shape index (κ1) is 21.4. The van der Waals surface area contributed by atoms with Crippen molar-refractivity contribution in [3.05, 3.63) is 82.3 Å². The van der Waals surface area contributed by atoms with Crippen LogP contribution in [0.25, 0.3) is 22.9 Å². The molecule has 0 atom stereocenters. The Hall–Kier alpha value is -3.87. The zero-order valence-corrected chi connectivity index (χ0v) is 18.5. The standard InChI is InChI=1S/C25H25N3O4/c1-16(2)31-21-11-10-19(14-22(21)30-4)23-26-27-24(32-23)20-9-6-12-28(25(20)29)15-18-8-5-7-17(3)13-18/h5-14,16H,15H2,1-4H3. The molecule has 2 aromatic carbocycles. The van der Waals surface area contributed by atoms with Gasteiger partial charge in [0, 0.05) is 11.8 Å². The van der Waals surface area contributed by atoms with Crippen molar-refractivity contribution in [2.24, 2.45) is 0 Å². The van der Waals surface area contributed by atoms with Crippen LogP contribution < -0.4 is 15.0 Å². The topological polar surface area (TPSA) is 79.4 Å². The number of pyridine rings is 1. The van der Waals surface area contributed by atoms with E-state index in [1.807, 2.05) is 45.0 Å². The highest BCUT2D eigenvalue weighted by Crippen LogP contribution is 2.33. The number of ether oxygens (including phenoxy) is 2. The lowest BCUT2D eigenvalue weighted by Gasteiger charge is -2.13. The molecule has 0 saturated carbocycles. The Balaban J connectivity index is 1.63. The molecule has 0 amide bonds. The molecule has 2 heterocycles. The summed E-state index contributed by atoms with van der Waals surface area (Å²) in [5.41, 5.74) is 3.03.